The number of hydrogen-bond donors (Lipinski definition) is 1. The largest absolute Gasteiger partial charge is 0.468 e. The highest BCUT2D eigenvalue weighted by Crippen LogP contribution is 2.07. The van der Waals surface area contributed by atoms with E-state index in [9.17, 15) is 4.79 Å². The lowest BCUT2D eigenvalue weighted by atomic mass is 10.1. The Bertz CT molecular complexity index is 183. The van der Waals surface area contributed by atoms with Crippen LogP contribution in [0.15, 0.2) is 0 Å². The van der Waals surface area contributed by atoms with Crippen molar-refractivity contribution in [3.63, 3.8) is 0 Å². The zero-order valence-electron chi connectivity index (χ0n) is 11.8. The topological polar surface area (TPSA) is 38.3 Å². The summed E-state index contributed by atoms with van der Waals surface area (Å²) in [5.74, 6) is -0.176. The van der Waals surface area contributed by atoms with E-state index in [0.717, 1.165) is 13.0 Å². The lowest BCUT2D eigenvalue weighted by Crippen LogP contribution is -2.35. The van der Waals surface area contributed by atoms with E-state index < -0.39 is 0 Å². The molecule has 0 rings (SSSR count). The molecule has 102 valence electrons. The van der Waals surface area contributed by atoms with Gasteiger partial charge in [-0.05, 0) is 19.9 Å². The van der Waals surface area contributed by atoms with E-state index in [4.69, 9.17) is 0 Å². The molecule has 0 aliphatic rings. The molecule has 1 atom stereocenters. The molecule has 0 aliphatic carbocycles. The highest BCUT2D eigenvalue weighted by atomic mass is 16.5. The second-order valence-corrected chi connectivity index (χ2v) is 4.67. The molecule has 17 heavy (non-hydrogen) atoms. The minimum Gasteiger partial charge on any atom is -0.468 e. The Kier molecular flexibility index (Phi) is 11.5. The second-order valence-electron chi connectivity index (χ2n) is 4.67. The number of esters is 1. The predicted octanol–water partition coefficient (Wildman–Crippen LogP) is 3.28. The first-order valence-electron chi connectivity index (χ1n) is 7.03. The molecule has 1 N–H and O–H groups in total. The molecule has 0 aliphatic heterocycles. The zero-order chi connectivity index (χ0) is 12.9. The first-order chi connectivity index (χ1) is 8.22. The van der Waals surface area contributed by atoms with E-state index in [1.54, 1.807) is 0 Å². The number of carbonyl (C=O) groups excluding carboxylic acids is 1. The minimum atomic E-state index is -0.176. The molecule has 0 bridgehead atoms. The van der Waals surface area contributed by atoms with Gasteiger partial charge in [-0.2, -0.15) is 0 Å². The quantitative estimate of drug-likeness (QED) is 0.447. The number of hydrogen-bond acceptors (Lipinski definition) is 3. The minimum absolute atomic E-state index is 0.176. The number of ether oxygens (including phenoxy) is 1. The van der Waals surface area contributed by atoms with Crippen molar-refractivity contribution in [1.29, 1.82) is 0 Å². The van der Waals surface area contributed by atoms with Gasteiger partial charge in [0.1, 0.15) is 6.04 Å². The van der Waals surface area contributed by atoms with Crippen LogP contribution < -0.4 is 5.32 Å². The molecule has 0 radical (unpaired) electrons. The van der Waals surface area contributed by atoms with Gasteiger partial charge in [0.25, 0.3) is 0 Å². The second kappa shape index (κ2) is 11.9. The Balaban J connectivity index is 3.15. The van der Waals surface area contributed by atoms with Crippen molar-refractivity contribution < 1.29 is 9.53 Å². The molecular formula is C14H29NO2. The summed E-state index contributed by atoms with van der Waals surface area (Å²) in [6.45, 7) is 5.00. The molecule has 0 aromatic rings. The third-order valence-corrected chi connectivity index (χ3v) is 3.04. The molecule has 0 fully saturated rings. The SMILES string of the molecule is CCCCCCCCCCN[C@@H](C)C(=O)OC. The molecule has 0 unspecified atom stereocenters. The maximum absolute atomic E-state index is 11.1. The van der Waals surface area contributed by atoms with E-state index in [1.807, 2.05) is 6.92 Å². The van der Waals surface area contributed by atoms with Crippen LogP contribution >= 0.6 is 0 Å². The van der Waals surface area contributed by atoms with Gasteiger partial charge in [0.05, 0.1) is 7.11 Å². The van der Waals surface area contributed by atoms with Crippen molar-refractivity contribution in [2.45, 2.75) is 71.3 Å². The summed E-state index contributed by atoms with van der Waals surface area (Å²) in [5.41, 5.74) is 0. The number of rotatable bonds is 11. The molecule has 0 saturated carbocycles. The summed E-state index contributed by atoms with van der Waals surface area (Å²) in [6.07, 6.45) is 10.5. The van der Waals surface area contributed by atoms with Gasteiger partial charge in [-0.15, -0.1) is 0 Å². The Labute approximate surface area is 106 Å². The van der Waals surface area contributed by atoms with Crippen LogP contribution in [0.3, 0.4) is 0 Å². The van der Waals surface area contributed by atoms with Gasteiger partial charge in [0.2, 0.25) is 0 Å². The monoisotopic (exact) mass is 243 g/mol. The lowest BCUT2D eigenvalue weighted by molar-refractivity contribution is -0.142. The maximum atomic E-state index is 11.1. The Hall–Kier alpha value is -0.570. The van der Waals surface area contributed by atoms with Crippen molar-refractivity contribution in [2.24, 2.45) is 0 Å². The smallest absolute Gasteiger partial charge is 0.322 e. The third kappa shape index (κ3) is 10.3. The predicted molar refractivity (Wildman–Crippen MR) is 72.1 cm³/mol. The van der Waals surface area contributed by atoms with Crippen LogP contribution in [0.25, 0.3) is 0 Å². The Morgan fingerprint density at radius 1 is 1.06 bits per heavy atom. The van der Waals surface area contributed by atoms with Crippen LogP contribution in [-0.2, 0) is 9.53 Å². The molecule has 0 spiro atoms. The number of methoxy groups -OCH3 is 1. The molecule has 0 saturated heterocycles. The van der Waals surface area contributed by atoms with Crippen molar-refractivity contribution in [3.05, 3.63) is 0 Å². The summed E-state index contributed by atoms with van der Waals surface area (Å²) in [7, 11) is 1.43. The van der Waals surface area contributed by atoms with E-state index >= 15 is 0 Å². The van der Waals surface area contributed by atoms with E-state index in [1.165, 1.54) is 52.1 Å². The molecule has 0 amide bonds. The van der Waals surface area contributed by atoms with Crippen molar-refractivity contribution in [3.8, 4) is 0 Å². The standard InChI is InChI=1S/C14H29NO2/c1-4-5-6-7-8-9-10-11-12-15-13(2)14(16)17-3/h13,15H,4-12H2,1-3H3/t13-/m0/s1. The van der Waals surface area contributed by atoms with Crippen molar-refractivity contribution in [1.82, 2.24) is 5.32 Å². The average molecular weight is 243 g/mol. The fourth-order valence-electron chi connectivity index (χ4n) is 1.84. The highest BCUT2D eigenvalue weighted by Gasteiger charge is 2.10. The molecule has 0 aromatic carbocycles. The number of nitrogens with one attached hydrogen (secondary N) is 1. The lowest BCUT2D eigenvalue weighted by Gasteiger charge is -2.10. The molecule has 0 aromatic heterocycles. The maximum Gasteiger partial charge on any atom is 0.322 e. The summed E-state index contributed by atoms with van der Waals surface area (Å²) in [6, 6.07) is -0.176. The van der Waals surface area contributed by atoms with Crippen LogP contribution in [0.5, 0.6) is 0 Å². The highest BCUT2D eigenvalue weighted by molar-refractivity contribution is 5.74. The fraction of sp³-hybridized carbons (Fsp3) is 0.929. The van der Waals surface area contributed by atoms with Crippen LogP contribution in [0, 0.1) is 0 Å². The first-order valence-corrected chi connectivity index (χ1v) is 7.03. The van der Waals surface area contributed by atoms with E-state index in [0.29, 0.717) is 0 Å². The number of unbranched alkanes of at least 4 members (excludes halogenated alkanes) is 7. The summed E-state index contributed by atoms with van der Waals surface area (Å²) in [4.78, 5) is 11.1. The third-order valence-electron chi connectivity index (χ3n) is 3.04. The van der Waals surface area contributed by atoms with E-state index in [2.05, 4.69) is 17.0 Å². The van der Waals surface area contributed by atoms with Crippen LogP contribution in [0.1, 0.15) is 65.2 Å². The Morgan fingerprint density at radius 2 is 1.59 bits per heavy atom. The van der Waals surface area contributed by atoms with Crippen LogP contribution in [-0.4, -0.2) is 25.7 Å². The van der Waals surface area contributed by atoms with Gasteiger partial charge < -0.3 is 10.1 Å². The summed E-state index contributed by atoms with van der Waals surface area (Å²) in [5, 5.41) is 3.17. The van der Waals surface area contributed by atoms with Gasteiger partial charge in [-0.1, -0.05) is 51.9 Å². The Morgan fingerprint density at radius 3 is 2.12 bits per heavy atom. The van der Waals surface area contributed by atoms with Crippen LogP contribution in [0.4, 0.5) is 0 Å². The van der Waals surface area contributed by atoms with E-state index in [-0.39, 0.29) is 12.0 Å². The fourth-order valence-corrected chi connectivity index (χ4v) is 1.84. The van der Waals surface area contributed by atoms with Gasteiger partial charge >= 0.3 is 5.97 Å². The van der Waals surface area contributed by atoms with Gasteiger partial charge in [-0.3, -0.25) is 4.79 Å². The van der Waals surface area contributed by atoms with Gasteiger partial charge in [0.15, 0.2) is 0 Å². The zero-order valence-corrected chi connectivity index (χ0v) is 11.8. The number of carbonyl (C=O) groups is 1. The van der Waals surface area contributed by atoms with Gasteiger partial charge in [-0.25, -0.2) is 0 Å². The first kappa shape index (κ1) is 16.4. The van der Waals surface area contributed by atoms with Gasteiger partial charge in [0, 0.05) is 0 Å². The molecular weight excluding hydrogens is 214 g/mol. The molecule has 0 heterocycles. The summed E-state index contributed by atoms with van der Waals surface area (Å²) >= 11 is 0. The molecule has 3 nitrogen and oxygen atoms in total. The summed E-state index contributed by atoms with van der Waals surface area (Å²) < 4.78 is 4.64. The molecule has 3 heteroatoms. The van der Waals surface area contributed by atoms with Crippen LogP contribution in [0.2, 0.25) is 0 Å². The van der Waals surface area contributed by atoms with Crippen molar-refractivity contribution in [2.75, 3.05) is 13.7 Å². The normalized spacial score (nSPS) is 12.4. The van der Waals surface area contributed by atoms with Crippen molar-refractivity contribution >= 4 is 5.97 Å². The average Bonchev–Trinajstić information content (AvgIpc) is 2.35.